The van der Waals surface area contributed by atoms with Crippen molar-refractivity contribution in [1.29, 1.82) is 0 Å². The number of terminal acetylenes is 1. The number of piperidine rings is 1. The van der Waals surface area contributed by atoms with Gasteiger partial charge in [-0.15, -0.1) is 12.8 Å². The van der Waals surface area contributed by atoms with E-state index in [-0.39, 0.29) is 5.82 Å². The van der Waals surface area contributed by atoms with Gasteiger partial charge in [-0.1, -0.05) is 44.4 Å². The maximum Gasteiger partial charge on any atom is 0.123 e. The Labute approximate surface area is 128 Å². The Hall–Kier alpha value is -1.02. The average molecular weight is 296 g/mol. The first kappa shape index (κ1) is 19.0. The Bertz CT molecular complexity index is 346. The van der Waals surface area contributed by atoms with Crippen LogP contribution in [0.1, 0.15) is 26.2 Å². The molecule has 20 heavy (non-hydrogen) atoms. The highest BCUT2D eigenvalue weighted by atomic mass is 32.1. The molecule has 1 aromatic rings. The highest BCUT2D eigenvalue weighted by Gasteiger charge is 2.22. The van der Waals surface area contributed by atoms with Gasteiger partial charge in [-0.25, -0.2) is 4.39 Å². The highest BCUT2D eigenvalue weighted by Crippen LogP contribution is 2.20. The third-order valence-electron chi connectivity index (χ3n) is 2.98. The molecule has 0 radical (unpaired) electrons. The van der Waals surface area contributed by atoms with Crippen molar-refractivity contribution in [3.05, 3.63) is 36.1 Å². The lowest BCUT2D eigenvalue weighted by Crippen LogP contribution is -2.42. The first-order valence-corrected chi connectivity index (χ1v) is 7.25. The van der Waals surface area contributed by atoms with Crippen molar-refractivity contribution >= 4 is 12.8 Å². The Balaban J connectivity index is 0.000000345. The summed E-state index contributed by atoms with van der Waals surface area (Å²) < 4.78 is 14.0. The van der Waals surface area contributed by atoms with E-state index in [1.165, 1.54) is 31.4 Å². The standard InChI is InChI=1S/C8H18N2S.C6H5F.C2H2/c1-2-3-7-4-8(9)6-10(11)5-7;7-6-4-2-1-3-5-6;1-2/h7-8,11H,2-6,9H2,1H3;1-5H;1-2H. The van der Waals surface area contributed by atoms with Crippen molar-refractivity contribution in [2.24, 2.45) is 11.7 Å². The molecule has 1 fully saturated rings. The maximum absolute atomic E-state index is 11.9. The molecule has 0 saturated carbocycles. The summed E-state index contributed by atoms with van der Waals surface area (Å²) in [5, 5.41) is 0. The van der Waals surface area contributed by atoms with Crippen LogP contribution in [0.4, 0.5) is 4.39 Å². The van der Waals surface area contributed by atoms with E-state index in [0.29, 0.717) is 6.04 Å². The van der Waals surface area contributed by atoms with Gasteiger partial charge in [0.1, 0.15) is 5.82 Å². The first-order chi connectivity index (χ1) is 9.61. The van der Waals surface area contributed by atoms with Gasteiger partial charge in [0.05, 0.1) is 0 Å². The van der Waals surface area contributed by atoms with E-state index < -0.39 is 0 Å². The Kier molecular flexibility index (Phi) is 11.2. The molecule has 1 aromatic carbocycles. The molecule has 2 N–H and O–H groups in total. The van der Waals surface area contributed by atoms with E-state index in [2.05, 4.69) is 36.9 Å². The lowest BCUT2D eigenvalue weighted by molar-refractivity contribution is 0.247. The van der Waals surface area contributed by atoms with Gasteiger partial charge < -0.3 is 5.73 Å². The number of rotatable bonds is 2. The monoisotopic (exact) mass is 296 g/mol. The molecule has 0 spiro atoms. The highest BCUT2D eigenvalue weighted by molar-refractivity contribution is 7.77. The fourth-order valence-electron chi connectivity index (χ4n) is 2.25. The minimum atomic E-state index is -0.178. The van der Waals surface area contributed by atoms with E-state index in [1.807, 2.05) is 0 Å². The van der Waals surface area contributed by atoms with Crippen LogP contribution in [-0.2, 0) is 0 Å². The minimum Gasteiger partial charge on any atom is -0.326 e. The van der Waals surface area contributed by atoms with Crippen molar-refractivity contribution in [2.45, 2.75) is 32.2 Å². The van der Waals surface area contributed by atoms with Gasteiger partial charge in [0, 0.05) is 19.1 Å². The van der Waals surface area contributed by atoms with Crippen LogP contribution in [-0.4, -0.2) is 23.4 Å². The van der Waals surface area contributed by atoms with E-state index in [0.717, 1.165) is 19.0 Å². The molecule has 0 aliphatic carbocycles. The molecule has 2 atom stereocenters. The zero-order chi connectivity index (χ0) is 15.4. The van der Waals surface area contributed by atoms with Crippen LogP contribution in [0.25, 0.3) is 0 Å². The summed E-state index contributed by atoms with van der Waals surface area (Å²) in [5.41, 5.74) is 5.86. The molecular weight excluding hydrogens is 271 g/mol. The maximum atomic E-state index is 11.9. The molecule has 1 saturated heterocycles. The molecule has 112 valence electrons. The number of hydrogen-bond acceptors (Lipinski definition) is 3. The second-order valence-electron chi connectivity index (χ2n) is 4.82. The Morgan fingerprint density at radius 2 is 1.90 bits per heavy atom. The van der Waals surface area contributed by atoms with Crippen molar-refractivity contribution < 1.29 is 4.39 Å². The molecule has 1 heterocycles. The van der Waals surface area contributed by atoms with Crippen LogP contribution in [0.15, 0.2) is 30.3 Å². The van der Waals surface area contributed by atoms with Crippen LogP contribution in [0.5, 0.6) is 0 Å². The minimum absolute atomic E-state index is 0.178. The number of benzene rings is 1. The lowest BCUT2D eigenvalue weighted by Gasteiger charge is -2.32. The largest absolute Gasteiger partial charge is 0.326 e. The van der Waals surface area contributed by atoms with Crippen LogP contribution < -0.4 is 5.73 Å². The summed E-state index contributed by atoms with van der Waals surface area (Å²) in [5.74, 6) is 0.601. The van der Waals surface area contributed by atoms with Crippen molar-refractivity contribution in [3.8, 4) is 12.8 Å². The topological polar surface area (TPSA) is 29.3 Å². The van der Waals surface area contributed by atoms with Crippen LogP contribution in [0.2, 0.25) is 0 Å². The smallest absolute Gasteiger partial charge is 0.123 e. The van der Waals surface area contributed by atoms with Gasteiger partial charge in [0.2, 0.25) is 0 Å². The van der Waals surface area contributed by atoms with Gasteiger partial charge in [-0.3, -0.25) is 4.31 Å². The quantitative estimate of drug-likeness (QED) is 0.647. The number of halogens is 1. The van der Waals surface area contributed by atoms with Gasteiger partial charge in [0.25, 0.3) is 0 Å². The van der Waals surface area contributed by atoms with Crippen molar-refractivity contribution in [3.63, 3.8) is 0 Å². The fourth-order valence-corrected chi connectivity index (χ4v) is 2.69. The zero-order valence-corrected chi connectivity index (χ0v) is 13.0. The molecule has 1 aliphatic rings. The number of nitrogens with two attached hydrogens (primary N) is 1. The SMILES string of the molecule is C#C.CCCC1CC(N)CN(S)C1.Fc1ccccc1. The van der Waals surface area contributed by atoms with Gasteiger partial charge in [0.15, 0.2) is 0 Å². The molecule has 4 heteroatoms. The molecule has 0 amide bonds. The normalized spacial score (nSPS) is 21.9. The summed E-state index contributed by atoms with van der Waals surface area (Å²) in [6.07, 6.45) is 11.7. The van der Waals surface area contributed by atoms with E-state index in [1.54, 1.807) is 18.2 Å². The number of thiol groups is 1. The number of hydrogen-bond donors (Lipinski definition) is 2. The predicted octanol–water partition coefficient (Wildman–Crippen LogP) is 3.36. The summed E-state index contributed by atoms with van der Waals surface area (Å²) >= 11 is 4.33. The third-order valence-corrected chi connectivity index (χ3v) is 3.31. The Morgan fingerprint density at radius 3 is 2.30 bits per heavy atom. The molecule has 2 nitrogen and oxygen atoms in total. The molecule has 0 bridgehead atoms. The molecule has 1 aliphatic heterocycles. The van der Waals surface area contributed by atoms with Gasteiger partial charge in [-0.05, 0) is 30.9 Å². The van der Waals surface area contributed by atoms with E-state index in [9.17, 15) is 4.39 Å². The molecule has 2 rings (SSSR count). The summed E-state index contributed by atoms with van der Waals surface area (Å²) in [4.78, 5) is 0. The summed E-state index contributed by atoms with van der Waals surface area (Å²) in [7, 11) is 0. The average Bonchev–Trinajstić information content (AvgIpc) is 2.42. The van der Waals surface area contributed by atoms with Gasteiger partial charge >= 0.3 is 0 Å². The van der Waals surface area contributed by atoms with Crippen molar-refractivity contribution in [2.75, 3.05) is 13.1 Å². The molecular formula is C16H25FN2S. The van der Waals surface area contributed by atoms with E-state index in [4.69, 9.17) is 5.73 Å². The Morgan fingerprint density at radius 1 is 1.30 bits per heavy atom. The van der Waals surface area contributed by atoms with E-state index >= 15 is 0 Å². The first-order valence-electron chi connectivity index (χ1n) is 6.85. The van der Waals surface area contributed by atoms with Gasteiger partial charge in [-0.2, -0.15) is 0 Å². The lowest BCUT2D eigenvalue weighted by atomic mass is 9.92. The number of nitrogens with zero attached hydrogens (tertiary/aromatic N) is 1. The summed E-state index contributed by atoms with van der Waals surface area (Å²) in [6.45, 7) is 4.29. The fraction of sp³-hybridized carbons (Fsp3) is 0.500. The van der Waals surface area contributed by atoms with Crippen LogP contribution in [0, 0.1) is 24.6 Å². The second-order valence-corrected chi connectivity index (χ2v) is 5.38. The zero-order valence-electron chi connectivity index (χ0n) is 12.1. The molecule has 2 unspecified atom stereocenters. The predicted molar refractivity (Wildman–Crippen MR) is 87.8 cm³/mol. The summed E-state index contributed by atoms with van der Waals surface area (Å²) in [6, 6.07) is 8.28. The van der Waals surface area contributed by atoms with Crippen LogP contribution >= 0.6 is 12.8 Å². The van der Waals surface area contributed by atoms with Crippen LogP contribution in [0.3, 0.4) is 0 Å². The third kappa shape index (κ3) is 8.98. The van der Waals surface area contributed by atoms with Crippen molar-refractivity contribution in [1.82, 2.24) is 4.31 Å². The molecule has 0 aromatic heterocycles. The second kappa shape index (κ2) is 11.8.